The Bertz CT molecular complexity index is 1150. The average Bonchev–Trinajstić information content (AvgIpc) is 3.42. The van der Waals surface area contributed by atoms with Gasteiger partial charge in [-0.2, -0.15) is 10.2 Å². The van der Waals surface area contributed by atoms with Crippen molar-refractivity contribution in [1.29, 1.82) is 0 Å². The highest BCUT2D eigenvalue weighted by molar-refractivity contribution is 7.12. The summed E-state index contributed by atoms with van der Waals surface area (Å²) in [5.41, 5.74) is 6.24. The predicted octanol–water partition coefficient (Wildman–Crippen LogP) is 4.58. The molecule has 0 fully saturated rings. The first-order valence-corrected chi connectivity index (χ1v) is 10.5. The summed E-state index contributed by atoms with van der Waals surface area (Å²) in [5, 5.41) is 15.6. The summed E-state index contributed by atoms with van der Waals surface area (Å²) in [5.74, 6) is 1.99. The van der Waals surface area contributed by atoms with Crippen molar-refractivity contribution >= 4 is 11.3 Å². The highest BCUT2D eigenvalue weighted by Crippen LogP contribution is 2.45. The van der Waals surface area contributed by atoms with E-state index in [1.807, 2.05) is 13.8 Å². The molecular weight excluding hydrogens is 384 g/mol. The van der Waals surface area contributed by atoms with Gasteiger partial charge in [-0.15, -0.1) is 11.3 Å². The molecule has 0 spiro atoms. The molecule has 1 aliphatic rings. The number of H-pyrrole nitrogens is 2. The van der Waals surface area contributed by atoms with E-state index in [1.165, 1.54) is 4.88 Å². The molecule has 8 heteroatoms. The van der Waals surface area contributed by atoms with Crippen LogP contribution < -0.4 is 4.74 Å². The van der Waals surface area contributed by atoms with E-state index in [0.717, 1.165) is 50.4 Å². The van der Waals surface area contributed by atoms with Gasteiger partial charge < -0.3 is 4.74 Å². The number of thiazole rings is 1. The molecule has 29 heavy (non-hydrogen) atoms. The summed E-state index contributed by atoms with van der Waals surface area (Å²) in [6, 6.07) is 6.34. The lowest BCUT2D eigenvalue weighted by molar-refractivity contribution is 0.305. The van der Waals surface area contributed by atoms with Gasteiger partial charge in [-0.3, -0.25) is 10.2 Å². The fraction of sp³-hybridized carbons (Fsp3) is 0.333. The molecule has 5 rings (SSSR count). The highest BCUT2D eigenvalue weighted by atomic mass is 32.1. The van der Waals surface area contributed by atoms with E-state index in [9.17, 15) is 0 Å². The molecule has 0 amide bonds. The average molecular weight is 407 g/mol. The molecule has 2 N–H and O–H groups in total. The first-order chi connectivity index (χ1) is 14.0. The molecule has 148 valence electrons. The maximum atomic E-state index is 6.29. The van der Waals surface area contributed by atoms with E-state index < -0.39 is 0 Å². The Labute approximate surface area is 172 Å². The van der Waals surface area contributed by atoms with Gasteiger partial charge in [0, 0.05) is 27.6 Å². The lowest BCUT2D eigenvalue weighted by Gasteiger charge is -2.12. The van der Waals surface area contributed by atoms with E-state index in [4.69, 9.17) is 9.72 Å². The highest BCUT2D eigenvalue weighted by Gasteiger charge is 2.31. The molecule has 0 bridgehead atoms. The normalized spacial score (nSPS) is 15.7. The maximum absolute atomic E-state index is 6.29. The minimum atomic E-state index is -0.0225. The van der Waals surface area contributed by atoms with Gasteiger partial charge in [0.15, 0.2) is 0 Å². The Morgan fingerprint density at radius 3 is 2.76 bits per heavy atom. The zero-order valence-corrected chi connectivity index (χ0v) is 17.6. The van der Waals surface area contributed by atoms with Gasteiger partial charge in [0.2, 0.25) is 0 Å². The van der Waals surface area contributed by atoms with E-state index in [2.05, 4.69) is 57.4 Å². The lowest BCUT2D eigenvalue weighted by Crippen LogP contribution is -2.11. The summed E-state index contributed by atoms with van der Waals surface area (Å²) < 4.78 is 6.29. The van der Waals surface area contributed by atoms with Gasteiger partial charge in [0.25, 0.3) is 0 Å². The monoisotopic (exact) mass is 406 g/mol. The predicted molar refractivity (Wildman–Crippen MR) is 112 cm³/mol. The van der Waals surface area contributed by atoms with Gasteiger partial charge in [-0.1, -0.05) is 19.9 Å². The molecule has 3 aromatic heterocycles. The first-order valence-electron chi connectivity index (χ1n) is 9.68. The van der Waals surface area contributed by atoms with E-state index in [-0.39, 0.29) is 5.92 Å². The number of aromatic nitrogens is 6. The summed E-state index contributed by atoms with van der Waals surface area (Å²) in [6.07, 6.45) is 1.54. The fourth-order valence-electron chi connectivity index (χ4n) is 3.83. The molecule has 0 radical (unpaired) electrons. The minimum absolute atomic E-state index is 0.0225. The minimum Gasteiger partial charge on any atom is -0.492 e. The smallest absolute Gasteiger partial charge is 0.137 e. The summed E-state index contributed by atoms with van der Waals surface area (Å²) in [4.78, 5) is 10.6. The number of hydrogen-bond donors (Lipinski definition) is 2. The Morgan fingerprint density at radius 2 is 2.07 bits per heavy atom. The Kier molecular flexibility index (Phi) is 4.24. The zero-order chi connectivity index (χ0) is 20.1. The van der Waals surface area contributed by atoms with Crippen molar-refractivity contribution in [3.63, 3.8) is 0 Å². The van der Waals surface area contributed by atoms with E-state index >= 15 is 0 Å². The van der Waals surface area contributed by atoms with Crippen molar-refractivity contribution in [2.45, 2.75) is 39.5 Å². The molecule has 4 aromatic rings. The third-order valence-corrected chi connectivity index (χ3v) is 6.77. The zero-order valence-electron chi connectivity index (χ0n) is 16.8. The molecule has 0 aliphatic carbocycles. The number of ether oxygens (including phenoxy) is 1. The number of aryl methyl sites for hydroxylation is 2. The Morgan fingerprint density at radius 1 is 1.21 bits per heavy atom. The van der Waals surface area contributed by atoms with Crippen LogP contribution in [0.15, 0.2) is 24.5 Å². The van der Waals surface area contributed by atoms with Crippen LogP contribution in [0, 0.1) is 13.8 Å². The Balaban J connectivity index is 1.67. The van der Waals surface area contributed by atoms with Crippen LogP contribution in [0.25, 0.3) is 22.4 Å². The van der Waals surface area contributed by atoms with Crippen LogP contribution in [-0.2, 0) is 0 Å². The molecule has 7 nitrogen and oxygen atoms in total. The topological polar surface area (TPSA) is 92.4 Å². The summed E-state index contributed by atoms with van der Waals surface area (Å²) in [6.45, 7) is 8.88. The maximum Gasteiger partial charge on any atom is 0.137 e. The van der Waals surface area contributed by atoms with Crippen molar-refractivity contribution < 1.29 is 4.74 Å². The van der Waals surface area contributed by atoms with Gasteiger partial charge in [-0.05, 0) is 31.5 Å². The van der Waals surface area contributed by atoms with Gasteiger partial charge in [0.05, 0.1) is 22.3 Å². The van der Waals surface area contributed by atoms with Crippen molar-refractivity contribution in [3.8, 4) is 28.1 Å². The largest absolute Gasteiger partial charge is 0.492 e. The third-order valence-electron chi connectivity index (χ3n) is 5.30. The Hall–Kier alpha value is -3.00. The summed E-state index contributed by atoms with van der Waals surface area (Å²) >= 11 is 1.74. The SMILES string of the molecule is Cc1n[nH]c(C)c1-c1ccc2c(c1)OCC(c1ncn[nH]1)c1sc(C(C)C)nc1-2. The van der Waals surface area contributed by atoms with E-state index in [0.29, 0.717) is 12.5 Å². The van der Waals surface area contributed by atoms with Crippen molar-refractivity contribution in [2.24, 2.45) is 0 Å². The van der Waals surface area contributed by atoms with Gasteiger partial charge >= 0.3 is 0 Å². The van der Waals surface area contributed by atoms with Crippen LogP contribution >= 0.6 is 11.3 Å². The second-order valence-electron chi connectivity index (χ2n) is 7.67. The number of nitrogens with one attached hydrogen (secondary N) is 2. The number of hydrogen-bond acceptors (Lipinski definition) is 6. The molecule has 1 aliphatic heterocycles. The van der Waals surface area contributed by atoms with Gasteiger partial charge in [-0.25, -0.2) is 9.97 Å². The number of rotatable bonds is 3. The van der Waals surface area contributed by atoms with Crippen LogP contribution in [0.3, 0.4) is 0 Å². The van der Waals surface area contributed by atoms with E-state index in [1.54, 1.807) is 17.7 Å². The second kappa shape index (κ2) is 6.81. The number of aromatic amines is 2. The molecular formula is C21H22N6OS. The van der Waals surface area contributed by atoms with Crippen LogP contribution in [0.2, 0.25) is 0 Å². The van der Waals surface area contributed by atoms with Crippen LogP contribution in [-0.4, -0.2) is 37.0 Å². The fourth-order valence-corrected chi connectivity index (χ4v) is 5.00. The first kappa shape index (κ1) is 18.1. The number of benzene rings is 1. The standard InChI is InChI=1S/C21H22N6OS/c1-10(2)21-24-18-14-6-5-13(17-11(3)25-26-12(17)4)7-16(14)28-8-15(19(18)29-21)20-22-9-23-27-20/h5-7,9-10,15H,8H2,1-4H3,(H,25,26)(H,22,23,27). The molecule has 1 unspecified atom stereocenters. The molecule has 1 aromatic carbocycles. The lowest BCUT2D eigenvalue weighted by atomic mass is 9.99. The van der Waals surface area contributed by atoms with Crippen molar-refractivity contribution in [1.82, 2.24) is 30.4 Å². The molecule has 4 heterocycles. The van der Waals surface area contributed by atoms with Crippen LogP contribution in [0.5, 0.6) is 5.75 Å². The molecule has 0 saturated carbocycles. The molecule has 1 atom stereocenters. The van der Waals surface area contributed by atoms with Crippen LogP contribution in [0.4, 0.5) is 0 Å². The third kappa shape index (κ3) is 2.95. The van der Waals surface area contributed by atoms with Crippen molar-refractivity contribution in [3.05, 3.63) is 51.6 Å². The summed E-state index contributed by atoms with van der Waals surface area (Å²) in [7, 11) is 0. The van der Waals surface area contributed by atoms with Gasteiger partial charge in [0.1, 0.15) is 24.5 Å². The second-order valence-corrected chi connectivity index (χ2v) is 8.74. The molecule has 0 saturated heterocycles. The van der Waals surface area contributed by atoms with Crippen molar-refractivity contribution in [2.75, 3.05) is 6.61 Å². The number of fused-ring (bicyclic) bond motifs is 3. The number of nitrogens with zero attached hydrogens (tertiary/aromatic N) is 4. The quantitative estimate of drug-likeness (QED) is 0.519. The van der Waals surface area contributed by atoms with Crippen LogP contribution in [0.1, 0.15) is 52.8 Å².